The molecule has 0 aliphatic carbocycles. The van der Waals surface area contributed by atoms with Crippen molar-refractivity contribution in [2.24, 2.45) is 5.92 Å². The number of nitrogens with one attached hydrogen (secondary N) is 2. The van der Waals surface area contributed by atoms with E-state index in [0.717, 1.165) is 0 Å². The number of anilines is 1. The Labute approximate surface area is 140 Å². The number of carbonyl (C=O) groups is 3. The topological polar surface area (TPSA) is 95.5 Å². The average Bonchev–Trinajstić information content (AvgIpc) is 2.38. The van der Waals surface area contributed by atoms with Crippen molar-refractivity contribution in [3.8, 4) is 0 Å². The Bertz CT molecular complexity index is 602. The number of aliphatic carboxylic acids is 1. The zero-order chi connectivity index (χ0) is 17.6. The highest BCUT2D eigenvalue weighted by molar-refractivity contribution is 6.34. The molecule has 0 fully saturated rings. The summed E-state index contributed by atoms with van der Waals surface area (Å²) in [5, 5.41) is 14.2. The third kappa shape index (κ3) is 6.69. The van der Waals surface area contributed by atoms with Crippen LogP contribution in [0.5, 0.6) is 0 Å². The van der Waals surface area contributed by atoms with Gasteiger partial charge in [-0.2, -0.15) is 0 Å². The van der Waals surface area contributed by atoms with Crippen LogP contribution in [0.3, 0.4) is 0 Å². The SMILES string of the molecule is CC(C)CC(=O)Nc1ccc(Cl)c(C(=O)NC(C)CC(=O)O)c1. The van der Waals surface area contributed by atoms with Crippen LogP contribution in [-0.2, 0) is 9.59 Å². The van der Waals surface area contributed by atoms with E-state index in [2.05, 4.69) is 10.6 Å². The van der Waals surface area contributed by atoms with E-state index >= 15 is 0 Å². The van der Waals surface area contributed by atoms with E-state index in [1.807, 2.05) is 13.8 Å². The molecule has 7 heteroatoms. The monoisotopic (exact) mass is 340 g/mol. The van der Waals surface area contributed by atoms with E-state index in [4.69, 9.17) is 16.7 Å². The number of hydrogen-bond acceptors (Lipinski definition) is 3. The first-order valence-electron chi connectivity index (χ1n) is 7.31. The molecule has 1 aromatic carbocycles. The predicted octanol–water partition coefficient (Wildman–Crippen LogP) is 2.92. The summed E-state index contributed by atoms with van der Waals surface area (Å²) in [6.45, 7) is 5.46. The van der Waals surface area contributed by atoms with E-state index in [1.54, 1.807) is 13.0 Å². The van der Waals surface area contributed by atoms with E-state index in [1.165, 1.54) is 12.1 Å². The molecular formula is C16H21ClN2O4. The van der Waals surface area contributed by atoms with E-state index in [9.17, 15) is 14.4 Å². The number of carboxylic acids is 1. The lowest BCUT2D eigenvalue weighted by molar-refractivity contribution is -0.137. The third-order valence-corrected chi connectivity index (χ3v) is 3.28. The maximum atomic E-state index is 12.2. The van der Waals surface area contributed by atoms with Gasteiger partial charge in [0.25, 0.3) is 5.91 Å². The van der Waals surface area contributed by atoms with Gasteiger partial charge in [-0.25, -0.2) is 0 Å². The largest absolute Gasteiger partial charge is 0.481 e. The first-order valence-corrected chi connectivity index (χ1v) is 7.69. The summed E-state index contributed by atoms with van der Waals surface area (Å²) in [4.78, 5) is 34.6. The first kappa shape index (κ1) is 19.0. The van der Waals surface area contributed by atoms with Crippen molar-refractivity contribution >= 4 is 35.1 Å². The molecule has 1 rings (SSSR count). The van der Waals surface area contributed by atoms with Gasteiger partial charge in [-0.05, 0) is 31.0 Å². The molecule has 2 amide bonds. The number of rotatable bonds is 7. The molecular weight excluding hydrogens is 320 g/mol. The van der Waals surface area contributed by atoms with Crippen LogP contribution in [0, 0.1) is 5.92 Å². The number of amides is 2. The van der Waals surface area contributed by atoms with Crippen LogP contribution in [0.25, 0.3) is 0 Å². The van der Waals surface area contributed by atoms with Crippen LogP contribution in [-0.4, -0.2) is 28.9 Å². The molecule has 1 aromatic rings. The van der Waals surface area contributed by atoms with Crippen molar-refractivity contribution in [1.29, 1.82) is 0 Å². The fraction of sp³-hybridized carbons (Fsp3) is 0.438. The Morgan fingerprint density at radius 2 is 1.83 bits per heavy atom. The molecule has 0 aliphatic heterocycles. The molecule has 0 aliphatic rings. The number of carboxylic acid groups (broad SMARTS) is 1. The molecule has 6 nitrogen and oxygen atoms in total. The molecule has 0 aromatic heterocycles. The van der Waals surface area contributed by atoms with Crippen LogP contribution < -0.4 is 10.6 Å². The van der Waals surface area contributed by atoms with Crippen molar-refractivity contribution < 1.29 is 19.5 Å². The minimum Gasteiger partial charge on any atom is -0.481 e. The fourth-order valence-electron chi connectivity index (χ4n) is 1.97. The van der Waals surface area contributed by atoms with Gasteiger partial charge in [-0.15, -0.1) is 0 Å². The van der Waals surface area contributed by atoms with Crippen LogP contribution in [0.15, 0.2) is 18.2 Å². The van der Waals surface area contributed by atoms with Crippen molar-refractivity contribution in [3.05, 3.63) is 28.8 Å². The molecule has 1 unspecified atom stereocenters. The highest BCUT2D eigenvalue weighted by Crippen LogP contribution is 2.21. The Morgan fingerprint density at radius 3 is 2.39 bits per heavy atom. The molecule has 0 saturated carbocycles. The quantitative estimate of drug-likeness (QED) is 0.711. The fourth-order valence-corrected chi connectivity index (χ4v) is 2.18. The summed E-state index contributed by atoms with van der Waals surface area (Å²) in [5.41, 5.74) is 0.655. The third-order valence-electron chi connectivity index (χ3n) is 2.95. The van der Waals surface area contributed by atoms with Crippen LogP contribution in [0.2, 0.25) is 5.02 Å². The minimum atomic E-state index is -1.00. The number of hydrogen-bond donors (Lipinski definition) is 3. The van der Waals surface area contributed by atoms with E-state index < -0.39 is 17.9 Å². The lowest BCUT2D eigenvalue weighted by Crippen LogP contribution is -2.34. The lowest BCUT2D eigenvalue weighted by Gasteiger charge is -2.14. The van der Waals surface area contributed by atoms with Crippen molar-refractivity contribution in [1.82, 2.24) is 5.32 Å². The molecule has 3 N–H and O–H groups in total. The van der Waals surface area contributed by atoms with Gasteiger partial charge in [-0.3, -0.25) is 14.4 Å². The van der Waals surface area contributed by atoms with Gasteiger partial charge in [0.1, 0.15) is 0 Å². The highest BCUT2D eigenvalue weighted by Gasteiger charge is 2.16. The summed E-state index contributed by atoms with van der Waals surface area (Å²) in [5.74, 6) is -1.41. The summed E-state index contributed by atoms with van der Waals surface area (Å²) in [7, 11) is 0. The van der Waals surface area contributed by atoms with Crippen LogP contribution in [0.4, 0.5) is 5.69 Å². The Morgan fingerprint density at radius 1 is 1.17 bits per heavy atom. The second kappa shape index (κ2) is 8.53. The Kier molecular flexibility index (Phi) is 7.03. The maximum absolute atomic E-state index is 12.2. The number of halogens is 1. The maximum Gasteiger partial charge on any atom is 0.305 e. The standard InChI is InChI=1S/C16H21ClN2O4/c1-9(2)6-14(20)19-11-4-5-13(17)12(8-11)16(23)18-10(3)7-15(21)22/h4-5,8-10H,6-7H2,1-3H3,(H,18,23)(H,19,20)(H,21,22). The average molecular weight is 341 g/mol. The van der Waals surface area contributed by atoms with Crippen molar-refractivity contribution in [2.75, 3.05) is 5.32 Å². The molecule has 0 radical (unpaired) electrons. The van der Waals surface area contributed by atoms with Gasteiger partial charge in [0, 0.05) is 18.2 Å². The van der Waals surface area contributed by atoms with Gasteiger partial charge >= 0.3 is 5.97 Å². The van der Waals surface area contributed by atoms with Crippen molar-refractivity contribution in [2.45, 2.75) is 39.7 Å². The van der Waals surface area contributed by atoms with Gasteiger partial charge in [0.2, 0.25) is 5.91 Å². The van der Waals surface area contributed by atoms with E-state index in [-0.39, 0.29) is 28.8 Å². The van der Waals surface area contributed by atoms with Gasteiger partial charge < -0.3 is 15.7 Å². The smallest absolute Gasteiger partial charge is 0.305 e. The molecule has 0 saturated heterocycles. The van der Waals surface area contributed by atoms with Gasteiger partial charge in [-0.1, -0.05) is 25.4 Å². The first-order chi connectivity index (χ1) is 10.7. The Balaban J connectivity index is 2.82. The molecule has 126 valence electrons. The summed E-state index contributed by atoms with van der Waals surface area (Å²) in [6, 6.07) is 4.07. The lowest BCUT2D eigenvalue weighted by atomic mass is 10.1. The zero-order valence-electron chi connectivity index (χ0n) is 13.4. The summed E-state index contributed by atoms with van der Waals surface area (Å²) < 4.78 is 0. The Hall–Kier alpha value is -2.08. The van der Waals surface area contributed by atoms with Crippen LogP contribution >= 0.6 is 11.6 Å². The molecule has 0 heterocycles. The van der Waals surface area contributed by atoms with E-state index in [0.29, 0.717) is 12.1 Å². The van der Waals surface area contributed by atoms with Gasteiger partial charge in [0.05, 0.1) is 17.0 Å². The zero-order valence-corrected chi connectivity index (χ0v) is 14.1. The molecule has 23 heavy (non-hydrogen) atoms. The summed E-state index contributed by atoms with van der Waals surface area (Å²) >= 11 is 6.01. The molecule has 0 bridgehead atoms. The second-order valence-corrected chi connectivity index (χ2v) is 6.22. The molecule has 1 atom stereocenters. The summed E-state index contributed by atoms with van der Waals surface area (Å²) in [6.07, 6.45) is 0.188. The number of carbonyl (C=O) groups excluding carboxylic acids is 2. The number of benzene rings is 1. The molecule has 0 spiro atoms. The minimum absolute atomic E-state index is 0.145. The van der Waals surface area contributed by atoms with Crippen LogP contribution in [0.1, 0.15) is 44.0 Å². The normalized spacial score (nSPS) is 11.9. The predicted molar refractivity (Wildman–Crippen MR) is 88.7 cm³/mol. The van der Waals surface area contributed by atoms with Gasteiger partial charge in [0.15, 0.2) is 0 Å². The second-order valence-electron chi connectivity index (χ2n) is 5.81. The highest BCUT2D eigenvalue weighted by atomic mass is 35.5. The van der Waals surface area contributed by atoms with Crippen molar-refractivity contribution in [3.63, 3.8) is 0 Å².